The standard InChI is InChI=1S/C22H37N5O2S.HI/c1-3-23-21(25-19-9-12-27(13-10-19)22(28)29-4-2)24-15-18-7-5-11-26(16-18)17-20-8-6-14-30-20;/h6,8,14,18-19H,3-5,7,9-13,15-17H2,1-2H3,(H2,23,24,25);1H. The van der Waals surface area contributed by atoms with Crippen LogP contribution in [-0.2, 0) is 11.3 Å². The van der Waals surface area contributed by atoms with Crippen molar-refractivity contribution in [2.45, 2.75) is 52.1 Å². The van der Waals surface area contributed by atoms with E-state index >= 15 is 0 Å². The highest BCUT2D eigenvalue weighted by Crippen LogP contribution is 2.20. The van der Waals surface area contributed by atoms with Crippen LogP contribution in [0.25, 0.3) is 0 Å². The number of nitrogens with zero attached hydrogens (tertiary/aromatic N) is 3. The van der Waals surface area contributed by atoms with E-state index in [1.807, 2.05) is 18.3 Å². The smallest absolute Gasteiger partial charge is 0.409 e. The Bertz CT molecular complexity index is 665. The molecule has 9 heteroatoms. The molecule has 1 aromatic rings. The second kappa shape index (κ2) is 14.2. The summed E-state index contributed by atoms with van der Waals surface area (Å²) >= 11 is 1.84. The molecule has 0 spiro atoms. The molecule has 1 unspecified atom stereocenters. The van der Waals surface area contributed by atoms with Gasteiger partial charge < -0.3 is 20.3 Å². The highest BCUT2D eigenvalue weighted by molar-refractivity contribution is 14.0. The molecule has 2 N–H and O–H groups in total. The minimum absolute atomic E-state index is 0. The predicted octanol–water partition coefficient (Wildman–Crippen LogP) is 3.75. The van der Waals surface area contributed by atoms with Gasteiger partial charge in [-0.3, -0.25) is 9.89 Å². The molecule has 0 bridgehead atoms. The third-order valence-corrected chi connectivity index (χ3v) is 6.64. The average Bonchev–Trinajstić information content (AvgIpc) is 3.26. The third-order valence-electron chi connectivity index (χ3n) is 5.78. The van der Waals surface area contributed by atoms with Crippen LogP contribution in [0.3, 0.4) is 0 Å². The zero-order chi connectivity index (χ0) is 21.2. The van der Waals surface area contributed by atoms with Crippen LogP contribution in [0, 0.1) is 5.92 Å². The molecular formula is C22H38IN5O2S. The molecule has 2 aliphatic heterocycles. The van der Waals surface area contributed by atoms with Crippen LogP contribution in [0.5, 0.6) is 0 Å². The van der Waals surface area contributed by atoms with E-state index in [1.54, 1.807) is 4.90 Å². The SMILES string of the molecule is CCNC(=NCC1CCCN(Cc2cccs2)C1)NC1CCN(C(=O)OCC)CC1.I. The minimum atomic E-state index is -0.194. The summed E-state index contributed by atoms with van der Waals surface area (Å²) < 4.78 is 5.11. The van der Waals surface area contributed by atoms with Crippen molar-refractivity contribution in [3.8, 4) is 0 Å². The molecule has 1 amide bonds. The number of piperidine rings is 2. The maximum Gasteiger partial charge on any atom is 0.409 e. The number of ether oxygens (including phenoxy) is 1. The maximum absolute atomic E-state index is 11.9. The van der Waals surface area contributed by atoms with Gasteiger partial charge in [-0.25, -0.2) is 4.79 Å². The van der Waals surface area contributed by atoms with Gasteiger partial charge >= 0.3 is 6.09 Å². The summed E-state index contributed by atoms with van der Waals surface area (Å²) in [6.07, 6.45) is 4.15. The minimum Gasteiger partial charge on any atom is -0.450 e. The molecule has 31 heavy (non-hydrogen) atoms. The number of hydrogen-bond acceptors (Lipinski definition) is 5. The normalized spacial score (nSPS) is 20.8. The first-order valence-corrected chi connectivity index (χ1v) is 12.3. The number of carbonyl (C=O) groups is 1. The molecule has 2 fully saturated rings. The Kier molecular flexibility index (Phi) is 12.0. The highest BCUT2D eigenvalue weighted by Gasteiger charge is 2.24. The first kappa shape index (κ1) is 26.2. The van der Waals surface area contributed by atoms with Crippen LogP contribution in [0.4, 0.5) is 4.79 Å². The second-order valence-electron chi connectivity index (χ2n) is 8.15. The first-order valence-electron chi connectivity index (χ1n) is 11.4. The zero-order valence-corrected chi connectivity index (χ0v) is 22.0. The summed E-state index contributed by atoms with van der Waals surface area (Å²) in [7, 11) is 0. The molecule has 2 saturated heterocycles. The third kappa shape index (κ3) is 8.76. The molecule has 7 nitrogen and oxygen atoms in total. The molecule has 0 aromatic carbocycles. The summed E-state index contributed by atoms with van der Waals surface area (Å²) in [4.78, 5) is 22.6. The Morgan fingerprint density at radius 2 is 2.06 bits per heavy atom. The molecule has 0 radical (unpaired) electrons. The lowest BCUT2D eigenvalue weighted by Gasteiger charge is -2.33. The van der Waals surface area contributed by atoms with Crippen LogP contribution in [0.1, 0.15) is 44.4 Å². The van der Waals surface area contributed by atoms with E-state index in [4.69, 9.17) is 9.73 Å². The largest absolute Gasteiger partial charge is 0.450 e. The summed E-state index contributed by atoms with van der Waals surface area (Å²) in [5.74, 6) is 1.52. The molecule has 1 atom stereocenters. The molecule has 0 saturated carbocycles. The molecule has 176 valence electrons. The lowest BCUT2D eigenvalue weighted by molar-refractivity contribution is 0.0963. The Labute approximate surface area is 208 Å². The summed E-state index contributed by atoms with van der Waals surface area (Å²) in [5, 5.41) is 9.14. The van der Waals surface area contributed by atoms with E-state index in [-0.39, 0.29) is 30.1 Å². The van der Waals surface area contributed by atoms with Crippen molar-refractivity contribution in [3.05, 3.63) is 22.4 Å². The molecule has 3 heterocycles. The quantitative estimate of drug-likeness (QED) is 0.301. The first-order chi connectivity index (χ1) is 14.7. The van der Waals surface area contributed by atoms with Crippen LogP contribution in [0.15, 0.2) is 22.5 Å². The second-order valence-corrected chi connectivity index (χ2v) is 9.18. The number of aliphatic imine (C=N–C) groups is 1. The number of guanidine groups is 1. The summed E-state index contributed by atoms with van der Waals surface area (Å²) in [6.45, 7) is 10.9. The number of carbonyl (C=O) groups excluding carboxylic acids is 1. The van der Waals surface area contributed by atoms with Crippen LogP contribution in [-0.4, -0.2) is 73.8 Å². The molecule has 0 aliphatic carbocycles. The average molecular weight is 564 g/mol. The van der Waals surface area contributed by atoms with E-state index < -0.39 is 0 Å². The summed E-state index contributed by atoms with van der Waals surface area (Å²) in [6, 6.07) is 4.71. The van der Waals surface area contributed by atoms with Crippen LogP contribution in [0.2, 0.25) is 0 Å². The van der Waals surface area contributed by atoms with Crippen molar-refractivity contribution in [2.75, 3.05) is 45.9 Å². The van der Waals surface area contributed by atoms with Gasteiger partial charge in [-0.1, -0.05) is 6.07 Å². The van der Waals surface area contributed by atoms with Gasteiger partial charge in [0.05, 0.1) is 6.61 Å². The molecule has 1 aromatic heterocycles. The highest BCUT2D eigenvalue weighted by atomic mass is 127. The number of halogens is 1. The molecule has 2 aliphatic rings. The van der Waals surface area contributed by atoms with Gasteiger partial charge in [-0.2, -0.15) is 0 Å². The fourth-order valence-electron chi connectivity index (χ4n) is 4.22. The van der Waals surface area contributed by atoms with E-state index in [0.29, 0.717) is 18.6 Å². The summed E-state index contributed by atoms with van der Waals surface area (Å²) in [5.41, 5.74) is 0. The monoisotopic (exact) mass is 563 g/mol. The lowest BCUT2D eigenvalue weighted by atomic mass is 9.98. The van der Waals surface area contributed by atoms with Crippen molar-refractivity contribution >= 4 is 47.4 Å². The van der Waals surface area contributed by atoms with E-state index in [0.717, 1.165) is 58.1 Å². The number of hydrogen-bond donors (Lipinski definition) is 2. The molecular weight excluding hydrogens is 525 g/mol. The Balaban J connectivity index is 0.00000341. The zero-order valence-electron chi connectivity index (χ0n) is 18.8. The molecule has 3 rings (SSSR count). The number of likely N-dealkylation sites (tertiary alicyclic amines) is 2. The lowest BCUT2D eigenvalue weighted by Crippen LogP contribution is -2.50. The van der Waals surface area contributed by atoms with Gasteiger partial charge in [0.15, 0.2) is 5.96 Å². The van der Waals surface area contributed by atoms with E-state index in [9.17, 15) is 4.79 Å². The van der Waals surface area contributed by atoms with E-state index in [2.05, 4.69) is 40.0 Å². The topological polar surface area (TPSA) is 69.2 Å². The number of amides is 1. The van der Waals surface area contributed by atoms with Crippen molar-refractivity contribution in [3.63, 3.8) is 0 Å². The van der Waals surface area contributed by atoms with Crippen molar-refractivity contribution < 1.29 is 9.53 Å². The van der Waals surface area contributed by atoms with Crippen molar-refractivity contribution in [1.29, 1.82) is 0 Å². The van der Waals surface area contributed by atoms with E-state index in [1.165, 1.54) is 24.3 Å². The van der Waals surface area contributed by atoms with Gasteiger partial charge in [0.25, 0.3) is 0 Å². The van der Waals surface area contributed by atoms with Crippen LogP contribution >= 0.6 is 35.3 Å². The Morgan fingerprint density at radius 3 is 2.74 bits per heavy atom. The van der Waals surface area contributed by atoms with Gasteiger partial charge in [-0.15, -0.1) is 35.3 Å². The Hall–Kier alpha value is -1.07. The van der Waals surface area contributed by atoms with Crippen molar-refractivity contribution in [2.24, 2.45) is 10.9 Å². The number of thiophene rings is 1. The number of nitrogens with one attached hydrogen (secondary N) is 2. The maximum atomic E-state index is 11.9. The van der Waals surface area contributed by atoms with Crippen LogP contribution < -0.4 is 10.6 Å². The van der Waals surface area contributed by atoms with Gasteiger partial charge in [0, 0.05) is 50.2 Å². The Morgan fingerprint density at radius 1 is 1.26 bits per heavy atom. The number of rotatable bonds is 7. The van der Waals surface area contributed by atoms with Gasteiger partial charge in [0.1, 0.15) is 0 Å². The van der Waals surface area contributed by atoms with Crippen molar-refractivity contribution in [1.82, 2.24) is 20.4 Å². The fraction of sp³-hybridized carbons (Fsp3) is 0.727. The fourth-order valence-corrected chi connectivity index (χ4v) is 4.97. The van der Waals surface area contributed by atoms with Gasteiger partial charge in [-0.05, 0) is 63.4 Å². The predicted molar refractivity (Wildman–Crippen MR) is 138 cm³/mol. The van der Waals surface area contributed by atoms with Gasteiger partial charge in [0.2, 0.25) is 0 Å².